The molecule has 0 amide bonds. The van der Waals surface area contributed by atoms with Crippen LogP contribution in [0, 0.1) is 5.92 Å². The Kier molecular flexibility index (Phi) is 6.52. The molecular weight excluding hydrogens is 194 g/mol. The molecule has 0 aliphatic rings. The van der Waals surface area contributed by atoms with Crippen LogP contribution >= 0.6 is 0 Å². The topological polar surface area (TPSA) is 72.5 Å². The van der Waals surface area contributed by atoms with E-state index in [1.54, 1.807) is 0 Å². The van der Waals surface area contributed by atoms with Crippen LogP contribution in [0.5, 0.6) is 0 Å². The van der Waals surface area contributed by atoms with Crippen LogP contribution in [0.2, 0.25) is 0 Å². The molecular formula is C11H23NO3. The Morgan fingerprint density at radius 3 is 2.67 bits per heavy atom. The summed E-state index contributed by atoms with van der Waals surface area (Å²) in [5.74, 6) is -0.448. The predicted molar refractivity (Wildman–Crippen MR) is 59.7 cm³/mol. The van der Waals surface area contributed by atoms with Crippen molar-refractivity contribution in [1.29, 1.82) is 0 Å². The molecule has 0 radical (unpaired) electrons. The highest BCUT2D eigenvalue weighted by molar-refractivity contribution is 5.77. The largest absolute Gasteiger partial charge is 0.480 e. The van der Waals surface area contributed by atoms with Crippen LogP contribution in [0.1, 0.15) is 40.0 Å². The molecule has 0 bridgehead atoms. The van der Waals surface area contributed by atoms with Gasteiger partial charge in [0.05, 0.1) is 0 Å². The normalized spacial score (nSPS) is 17.1. The monoisotopic (exact) mass is 217 g/mol. The molecule has 0 spiro atoms. The maximum absolute atomic E-state index is 10.7. The van der Waals surface area contributed by atoms with Crippen LogP contribution in [-0.2, 0) is 9.53 Å². The van der Waals surface area contributed by atoms with Crippen LogP contribution in [0.15, 0.2) is 0 Å². The molecule has 0 heterocycles. The van der Waals surface area contributed by atoms with Crippen LogP contribution < -0.4 is 5.73 Å². The summed E-state index contributed by atoms with van der Waals surface area (Å²) in [4.78, 5) is 10.7. The van der Waals surface area contributed by atoms with Crippen LogP contribution in [-0.4, -0.2) is 29.8 Å². The molecule has 0 aliphatic carbocycles. The van der Waals surface area contributed by atoms with Gasteiger partial charge in [0.15, 0.2) is 0 Å². The molecule has 3 N–H and O–H groups in total. The second kappa shape index (κ2) is 6.80. The highest BCUT2D eigenvalue weighted by atomic mass is 16.5. The van der Waals surface area contributed by atoms with Gasteiger partial charge in [-0.25, -0.2) is 0 Å². The van der Waals surface area contributed by atoms with E-state index in [0.29, 0.717) is 25.6 Å². The molecule has 4 nitrogen and oxygen atoms in total. The summed E-state index contributed by atoms with van der Waals surface area (Å²) in [7, 11) is 0. The van der Waals surface area contributed by atoms with Gasteiger partial charge in [-0.15, -0.1) is 0 Å². The molecule has 0 aromatic heterocycles. The molecule has 2 atom stereocenters. The van der Waals surface area contributed by atoms with E-state index in [-0.39, 0.29) is 0 Å². The van der Waals surface area contributed by atoms with Gasteiger partial charge in [-0.3, -0.25) is 4.79 Å². The number of carbonyl (C=O) groups is 1. The SMILES string of the molecule is CCCC(C)COCCC(C)(N)C(=O)O. The predicted octanol–water partition coefficient (Wildman–Crippen LogP) is 1.63. The lowest BCUT2D eigenvalue weighted by atomic mass is 10.0. The van der Waals surface area contributed by atoms with Crippen molar-refractivity contribution in [3.05, 3.63) is 0 Å². The molecule has 2 unspecified atom stereocenters. The highest BCUT2D eigenvalue weighted by Gasteiger charge is 2.27. The number of carboxylic acids is 1. The molecule has 0 fully saturated rings. The van der Waals surface area contributed by atoms with Crippen molar-refractivity contribution >= 4 is 5.97 Å². The Hall–Kier alpha value is -0.610. The summed E-state index contributed by atoms with van der Waals surface area (Å²) >= 11 is 0. The molecule has 0 saturated heterocycles. The van der Waals surface area contributed by atoms with Gasteiger partial charge in [-0.05, 0) is 25.7 Å². The third-order valence-electron chi connectivity index (χ3n) is 2.44. The first-order valence-corrected chi connectivity index (χ1v) is 5.50. The van der Waals surface area contributed by atoms with Gasteiger partial charge in [0.25, 0.3) is 0 Å². The van der Waals surface area contributed by atoms with Crippen molar-refractivity contribution in [1.82, 2.24) is 0 Å². The van der Waals surface area contributed by atoms with Gasteiger partial charge in [-0.1, -0.05) is 20.3 Å². The van der Waals surface area contributed by atoms with Gasteiger partial charge in [0, 0.05) is 13.2 Å². The Morgan fingerprint density at radius 1 is 1.60 bits per heavy atom. The second-order valence-electron chi connectivity index (χ2n) is 4.44. The van der Waals surface area contributed by atoms with E-state index in [0.717, 1.165) is 12.8 Å². The molecule has 0 aromatic rings. The Morgan fingerprint density at radius 2 is 2.20 bits per heavy atom. The number of hydrogen-bond donors (Lipinski definition) is 2. The number of aliphatic carboxylic acids is 1. The maximum Gasteiger partial charge on any atom is 0.323 e. The van der Waals surface area contributed by atoms with Crippen LogP contribution in [0.3, 0.4) is 0 Å². The molecule has 0 saturated carbocycles. The molecule has 0 aromatic carbocycles. The van der Waals surface area contributed by atoms with Crippen molar-refractivity contribution in [3.8, 4) is 0 Å². The fraction of sp³-hybridized carbons (Fsp3) is 0.909. The molecule has 90 valence electrons. The van der Waals surface area contributed by atoms with Gasteiger partial charge < -0.3 is 15.6 Å². The summed E-state index contributed by atoms with van der Waals surface area (Å²) in [5, 5.41) is 8.75. The summed E-state index contributed by atoms with van der Waals surface area (Å²) < 4.78 is 5.39. The van der Waals surface area contributed by atoms with Crippen LogP contribution in [0.25, 0.3) is 0 Å². The van der Waals surface area contributed by atoms with E-state index in [2.05, 4.69) is 13.8 Å². The number of ether oxygens (including phenoxy) is 1. The maximum atomic E-state index is 10.7. The van der Waals surface area contributed by atoms with Crippen molar-refractivity contribution in [2.24, 2.45) is 11.7 Å². The lowest BCUT2D eigenvalue weighted by Crippen LogP contribution is -2.45. The van der Waals surface area contributed by atoms with E-state index in [9.17, 15) is 4.79 Å². The minimum Gasteiger partial charge on any atom is -0.480 e. The molecule has 4 heteroatoms. The van der Waals surface area contributed by atoms with Crippen molar-refractivity contribution in [2.75, 3.05) is 13.2 Å². The van der Waals surface area contributed by atoms with Gasteiger partial charge >= 0.3 is 5.97 Å². The first-order chi connectivity index (χ1) is 6.90. The number of nitrogens with two attached hydrogens (primary N) is 1. The number of hydrogen-bond acceptors (Lipinski definition) is 3. The second-order valence-corrected chi connectivity index (χ2v) is 4.44. The lowest BCUT2D eigenvalue weighted by molar-refractivity contribution is -0.143. The van der Waals surface area contributed by atoms with E-state index in [1.165, 1.54) is 6.92 Å². The summed E-state index contributed by atoms with van der Waals surface area (Å²) in [6, 6.07) is 0. The standard InChI is InChI=1S/C11H23NO3/c1-4-5-9(2)8-15-7-6-11(3,12)10(13)14/h9H,4-8,12H2,1-3H3,(H,13,14). The fourth-order valence-electron chi connectivity index (χ4n) is 1.25. The average Bonchev–Trinajstić information content (AvgIpc) is 2.13. The van der Waals surface area contributed by atoms with Crippen molar-refractivity contribution in [2.45, 2.75) is 45.6 Å². The molecule has 15 heavy (non-hydrogen) atoms. The molecule has 0 rings (SSSR count). The first kappa shape index (κ1) is 14.4. The average molecular weight is 217 g/mol. The van der Waals surface area contributed by atoms with Crippen LogP contribution in [0.4, 0.5) is 0 Å². The third kappa shape index (κ3) is 6.47. The summed E-state index contributed by atoms with van der Waals surface area (Å²) in [6.07, 6.45) is 2.63. The van der Waals surface area contributed by atoms with Crippen molar-refractivity contribution in [3.63, 3.8) is 0 Å². The van der Waals surface area contributed by atoms with E-state index in [4.69, 9.17) is 15.6 Å². The van der Waals surface area contributed by atoms with Gasteiger partial charge in [-0.2, -0.15) is 0 Å². The fourth-order valence-corrected chi connectivity index (χ4v) is 1.25. The summed E-state index contributed by atoms with van der Waals surface area (Å²) in [5.41, 5.74) is 4.38. The minimum atomic E-state index is -1.17. The minimum absolute atomic E-state index is 0.348. The quantitative estimate of drug-likeness (QED) is 0.606. The smallest absolute Gasteiger partial charge is 0.323 e. The Bertz CT molecular complexity index is 192. The Labute approximate surface area is 91.8 Å². The number of rotatable bonds is 8. The summed E-state index contributed by atoms with van der Waals surface area (Å²) in [6.45, 7) is 6.87. The van der Waals surface area contributed by atoms with E-state index < -0.39 is 11.5 Å². The van der Waals surface area contributed by atoms with Gasteiger partial charge in [0.1, 0.15) is 5.54 Å². The van der Waals surface area contributed by atoms with E-state index in [1.807, 2.05) is 0 Å². The number of carboxylic acid groups (broad SMARTS) is 1. The van der Waals surface area contributed by atoms with Crippen molar-refractivity contribution < 1.29 is 14.6 Å². The lowest BCUT2D eigenvalue weighted by Gasteiger charge is -2.19. The van der Waals surface area contributed by atoms with E-state index >= 15 is 0 Å². The highest BCUT2D eigenvalue weighted by Crippen LogP contribution is 2.08. The zero-order valence-corrected chi connectivity index (χ0v) is 9.95. The Balaban J connectivity index is 3.58. The zero-order valence-electron chi connectivity index (χ0n) is 9.95. The first-order valence-electron chi connectivity index (χ1n) is 5.50. The van der Waals surface area contributed by atoms with Gasteiger partial charge in [0.2, 0.25) is 0 Å². The third-order valence-corrected chi connectivity index (χ3v) is 2.44. The zero-order chi connectivity index (χ0) is 11.9. The molecule has 0 aliphatic heterocycles.